The van der Waals surface area contributed by atoms with E-state index in [-0.39, 0.29) is 22.0 Å². The molecule has 2 aliphatic heterocycles. The Bertz CT molecular complexity index is 1600. The van der Waals surface area contributed by atoms with Gasteiger partial charge in [-0.15, -0.1) is 0 Å². The maximum atomic E-state index is 13.8. The number of Topliss-reactive ketones (excluding diaryl/α,β-unsaturated/α-hetero) is 1. The molecule has 3 heterocycles. The van der Waals surface area contributed by atoms with E-state index in [1.165, 1.54) is 23.1 Å². The molecule has 1 unspecified atom stereocenters. The molecule has 1 N–H and O–H groups in total. The van der Waals surface area contributed by atoms with Gasteiger partial charge in [-0.25, -0.2) is 9.37 Å². The molecule has 180 valence electrons. The number of ether oxygens (including phenoxy) is 2. The van der Waals surface area contributed by atoms with Gasteiger partial charge < -0.3 is 14.6 Å². The normalized spacial score (nSPS) is 18.7. The van der Waals surface area contributed by atoms with Crippen LogP contribution in [0.4, 0.5) is 9.52 Å². The zero-order valence-electron chi connectivity index (χ0n) is 18.4. The average Bonchev–Trinajstić information content (AvgIpc) is 3.41. The Balaban J connectivity index is 1.54. The van der Waals surface area contributed by atoms with Gasteiger partial charge in [0.2, 0.25) is 0 Å². The number of aromatic nitrogens is 1. The lowest BCUT2D eigenvalue weighted by molar-refractivity contribution is -0.132. The van der Waals surface area contributed by atoms with Gasteiger partial charge in [0.05, 0.1) is 21.8 Å². The number of rotatable bonds is 3. The molecule has 36 heavy (non-hydrogen) atoms. The number of hydrogen-bond donors (Lipinski definition) is 1. The number of carbonyl (C=O) groups is 2. The predicted molar refractivity (Wildman–Crippen MR) is 133 cm³/mol. The second kappa shape index (κ2) is 8.61. The number of aliphatic hydroxyl groups excluding tert-OH is 1. The molecular weight excluding hydrogens is 507 g/mol. The van der Waals surface area contributed by atoms with Crippen LogP contribution in [0, 0.1) is 5.82 Å². The van der Waals surface area contributed by atoms with Crippen LogP contribution in [-0.2, 0) is 9.59 Å². The van der Waals surface area contributed by atoms with Crippen molar-refractivity contribution in [3.05, 3.63) is 88.2 Å². The molecular formula is C26H16ClFN2O5S. The van der Waals surface area contributed by atoms with Crippen molar-refractivity contribution in [2.24, 2.45) is 0 Å². The third kappa shape index (κ3) is 3.68. The van der Waals surface area contributed by atoms with Crippen molar-refractivity contribution in [2.45, 2.75) is 6.04 Å². The Morgan fingerprint density at radius 3 is 2.67 bits per heavy atom. The summed E-state index contributed by atoms with van der Waals surface area (Å²) in [6, 6.07) is 14.6. The smallest absolute Gasteiger partial charge is 0.301 e. The van der Waals surface area contributed by atoms with Gasteiger partial charge in [0.25, 0.3) is 5.78 Å². The Hall–Kier alpha value is -3.95. The minimum atomic E-state index is -1.01. The number of ketones is 1. The number of hydrogen-bond acceptors (Lipinski definition) is 7. The Morgan fingerprint density at radius 2 is 1.86 bits per heavy atom. The first-order valence-corrected chi connectivity index (χ1v) is 12.1. The van der Waals surface area contributed by atoms with Gasteiger partial charge in [0.1, 0.15) is 24.8 Å². The lowest BCUT2D eigenvalue weighted by atomic mass is 9.95. The lowest BCUT2D eigenvalue weighted by Gasteiger charge is -2.23. The highest BCUT2D eigenvalue weighted by molar-refractivity contribution is 7.22. The number of halogens is 2. The molecule has 0 bridgehead atoms. The van der Waals surface area contributed by atoms with Crippen molar-refractivity contribution in [3.63, 3.8) is 0 Å². The lowest BCUT2D eigenvalue weighted by Crippen LogP contribution is -2.29. The fraction of sp³-hybridized carbons (Fsp3) is 0.115. The standard InChI is InChI=1S/C26H16ClFN2O5S/c27-15-3-1-2-13(10-15)22-21(23(31)14-4-7-18-19(11-14)35-9-8-34-18)24(32)25(33)30(22)26-29-17-6-5-16(28)12-20(17)36-26/h1-7,10-12,22,31H,8-9H2. The molecule has 4 aromatic rings. The fourth-order valence-electron chi connectivity index (χ4n) is 4.36. The number of aliphatic hydroxyl groups is 1. The summed E-state index contributed by atoms with van der Waals surface area (Å²) in [6.07, 6.45) is 0. The van der Waals surface area contributed by atoms with Crippen LogP contribution in [0.15, 0.2) is 66.2 Å². The van der Waals surface area contributed by atoms with Crippen LogP contribution in [0.1, 0.15) is 17.2 Å². The molecule has 0 radical (unpaired) electrons. The third-order valence-electron chi connectivity index (χ3n) is 5.97. The highest BCUT2D eigenvalue weighted by Crippen LogP contribution is 2.45. The van der Waals surface area contributed by atoms with Crippen LogP contribution >= 0.6 is 22.9 Å². The van der Waals surface area contributed by atoms with Crippen molar-refractivity contribution in [2.75, 3.05) is 18.1 Å². The van der Waals surface area contributed by atoms with E-state index >= 15 is 0 Å². The van der Waals surface area contributed by atoms with Gasteiger partial charge in [-0.3, -0.25) is 14.5 Å². The second-order valence-electron chi connectivity index (χ2n) is 8.19. The van der Waals surface area contributed by atoms with Crippen LogP contribution in [-0.4, -0.2) is 35.0 Å². The van der Waals surface area contributed by atoms with Gasteiger partial charge in [0.15, 0.2) is 16.6 Å². The topological polar surface area (TPSA) is 89.0 Å². The van der Waals surface area contributed by atoms with Crippen LogP contribution in [0.2, 0.25) is 5.02 Å². The van der Waals surface area contributed by atoms with Gasteiger partial charge in [-0.1, -0.05) is 35.1 Å². The molecule has 1 saturated heterocycles. The summed E-state index contributed by atoms with van der Waals surface area (Å²) >= 11 is 7.32. The third-order valence-corrected chi connectivity index (χ3v) is 7.22. The van der Waals surface area contributed by atoms with Crippen LogP contribution in [0.3, 0.4) is 0 Å². The minimum absolute atomic E-state index is 0.121. The zero-order valence-corrected chi connectivity index (χ0v) is 20.0. The monoisotopic (exact) mass is 522 g/mol. The number of benzene rings is 3. The van der Waals surface area contributed by atoms with E-state index in [0.717, 1.165) is 11.3 Å². The molecule has 1 aromatic heterocycles. The summed E-state index contributed by atoms with van der Waals surface area (Å²) in [6.45, 7) is 0.757. The van der Waals surface area contributed by atoms with Crippen molar-refractivity contribution < 1.29 is 28.6 Å². The van der Waals surface area contributed by atoms with E-state index in [2.05, 4.69) is 4.98 Å². The summed E-state index contributed by atoms with van der Waals surface area (Å²) in [4.78, 5) is 32.4. The number of carbonyl (C=O) groups excluding carboxylic acids is 2. The Morgan fingerprint density at radius 1 is 1.06 bits per heavy atom. The number of amides is 1. The zero-order chi connectivity index (χ0) is 25.0. The molecule has 10 heteroatoms. The highest BCUT2D eigenvalue weighted by Gasteiger charge is 2.48. The molecule has 7 nitrogen and oxygen atoms in total. The molecule has 6 rings (SSSR count). The van der Waals surface area contributed by atoms with Crippen LogP contribution in [0.5, 0.6) is 11.5 Å². The number of thiazole rings is 1. The summed E-state index contributed by atoms with van der Waals surface area (Å²) < 4.78 is 25.5. The molecule has 1 atom stereocenters. The number of anilines is 1. The van der Waals surface area contributed by atoms with Crippen LogP contribution in [0.25, 0.3) is 16.0 Å². The van der Waals surface area contributed by atoms with Gasteiger partial charge in [0, 0.05) is 10.6 Å². The van der Waals surface area contributed by atoms with E-state index < -0.39 is 23.5 Å². The van der Waals surface area contributed by atoms with Gasteiger partial charge >= 0.3 is 5.91 Å². The predicted octanol–water partition coefficient (Wildman–Crippen LogP) is 5.49. The van der Waals surface area contributed by atoms with Crippen molar-refractivity contribution in [1.82, 2.24) is 4.98 Å². The maximum Gasteiger partial charge on any atom is 0.301 e. The van der Waals surface area contributed by atoms with Crippen molar-refractivity contribution >= 4 is 55.7 Å². The molecule has 1 fully saturated rings. The first-order valence-electron chi connectivity index (χ1n) is 10.9. The van der Waals surface area contributed by atoms with E-state index in [0.29, 0.717) is 45.5 Å². The molecule has 0 spiro atoms. The SMILES string of the molecule is O=C1C(=O)N(c2nc3ccc(F)cc3s2)C(c2cccc(Cl)c2)C1=C(O)c1ccc2c(c1)OCCO2. The van der Waals surface area contributed by atoms with E-state index in [9.17, 15) is 19.1 Å². The van der Waals surface area contributed by atoms with E-state index in [1.54, 1.807) is 42.5 Å². The first-order chi connectivity index (χ1) is 17.4. The number of fused-ring (bicyclic) bond motifs is 2. The van der Waals surface area contributed by atoms with E-state index in [4.69, 9.17) is 21.1 Å². The maximum absolute atomic E-state index is 13.8. The molecule has 1 amide bonds. The second-order valence-corrected chi connectivity index (χ2v) is 9.64. The summed E-state index contributed by atoms with van der Waals surface area (Å²) in [5.74, 6) is -1.61. The quantitative estimate of drug-likeness (QED) is 0.217. The molecule has 0 saturated carbocycles. The van der Waals surface area contributed by atoms with Crippen LogP contribution < -0.4 is 14.4 Å². The first kappa shape index (κ1) is 22.5. The Kier molecular flexibility index (Phi) is 5.39. The molecule has 0 aliphatic carbocycles. The van der Waals surface area contributed by atoms with Crippen molar-refractivity contribution in [3.8, 4) is 11.5 Å². The average molecular weight is 523 g/mol. The minimum Gasteiger partial charge on any atom is -0.507 e. The van der Waals surface area contributed by atoms with Gasteiger partial charge in [-0.05, 0) is 54.1 Å². The van der Waals surface area contributed by atoms with E-state index in [1.807, 2.05) is 0 Å². The summed E-state index contributed by atoms with van der Waals surface area (Å²) in [7, 11) is 0. The van der Waals surface area contributed by atoms with Gasteiger partial charge in [-0.2, -0.15) is 0 Å². The Labute approximate surface area is 213 Å². The summed E-state index contributed by atoms with van der Waals surface area (Å²) in [5.41, 5.74) is 1.15. The summed E-state index contributed by atoms with van der Waals surface area (Å²) in [5, 5.41) is 11.9. The highest BCUT2D eigenvalue weighted by atomic mass is 35.5. The van der Waals surface area contributed by atoms with Crippen molar-refractivity contribution in [1.29, 1.82) is 0 Å². The largest absolute Gasteiger partial charge is 0.507 e. The molecule has 3 aromatic carbocycles. The molecule has 2 aliphatic rings. The fourth-order valence-corrected chi connectivity index (χ4v) is 5.57. The number of nitrogens with zero attached hydrogens (tertiary/aromatic N) is 2.